The van der Waals surface area contributed by atoms with Crippen LogP contribution in [0, 0.1) is 5.92 Å². The van der Waals surface area contributed by atoms with E-state index in [-0.39, 0.29) is 47.3 Å². The Morgan fingerprint density at radius 3 is 2.55 bits per heavy atom. The highest BCUT2D eigenvalue weighted by Crippen LogP contribution is 2.37. The van der Waals surface area contributed by atoms with E-state index in [4.69, 9.17) is 14.0 Å². The second-order valence-electron chi connectivity index (χ2n) is 10.1. The van der Waals surface area contributed by atoms with Crippen LogP contribution in [0.4, 0.5) is 17.2 Å². The molecular formula is C23H29B3N8O6. The Bertz CT molecular complexity index is 1410. The summed E-state index contributed by atoms with van der Waals surface area (Å²) in [5.41, 5.74) is 1.16. The topological polar surface area (TPSA) is 182 Å². The number of aromatic nitrogens is 4. The van der Waals surface area contributed by atoms with Crippen molar-refractivity contribution in [2.24, 2.45) is 5.92 Å². The zero-order chi connectivity index (χ0) is 28.9. The molecule has 0 aliphatic heterocycles. The first-order valence-electron chi connectivity index (χ1n) is 12.7. The van der Waals surface area contributed by atoms with Gasteiger partial charge >= 0.3 is 11.8 Å². The van der Waals surface area contributed by atoms with Crippen LogP contribution in [0.2, 0.25) is 0 Å². The molecule has 0 saturated heterocycles. The van der Waals surface area contributed by atoms with Crippen molar-refractivity contribution in [3.63, 3.8) is 0 Å². The van der Waals surface area contributed by atoms with E-state index in [1.165, 1.54) is 20.3 Å². The number of hydrogen-bond acceptors (Lipinski definition) is 11. The molecule has 2 heterocycles. The Balaban J connectivity index is 1.66. The van der Waals surface area contributed by atoms with Crippen LogP contribution in [0.3, 0.4) is 0 Å². The molecule has 40 heavy (non-hydrogen) atoms. The number of carbonyl (C=O) groups excluding carboxylic acids is 3. The average Bonchev–Trinajstić information content (AvgIpc) is 3.64. The van der Waals surface area contributed by atoms with Crippen LogP contribution in [0.25, 0.3) is 11.4 Å². The van der Waals surface area contributed by atoms with Crippen LogP contribution >= 0.6 is 0 Å². The number of hydrogen-bond donors (Lipinski definition) is 4. The molecule has 14 nitrogen and oxygen atoms in total. The van der Waals surface area contributed by atoms with Gasteiger partial charge in [-0.25, -0.2) is 0 Å². The minimum atomic E-state index is -0.540. The number of amides is 3. The summed E-state index contributed by atoms with van der Waals surface area (Å²) in [4.78, 5) is 41.9. The third-order valence-electron chi connectivity index (χ3n) is 5.64. The molecule has 1 aromatic carbocycles. The summed E-state index contributed by atoms with van der Waals surface area (Å²) in [6, 6.07) is 6.66. The van der Waals surface area contributed by atoms with Crippen LogP contribution in [-0.2, 0) is 9.53 Å². The van der Waals surface area contributed by atoms with Gasteiger partial charge in [0.1, 0.15) is 23.5 Å². The molecule has 3 amide bonds. The Hall–Kier alpha value is -4.40. The standard InChI is InChI=1S/C23H29B3N8O6/c1-38-9-8-27-21(37)22-30-18(34-40-22)12-4-3-5-13(17(12)39-2)28-14-10-15(29-19(35)11-6-7-11)32-33-16(14)20(36)31-23(24,25)26/h3-5,10-11H,6-9,24-26H2,1-2H3,(H,27,37)(H,31,36)(H2,28,29,32,35). The molecule has 0 unspecified atom stereocenters. The van der Waals surface area contributed by atoms with Gasteiger partial charge in [-0.15, -0.1) is 10.2 Å². The molecule has 1 aliphatic carbocycles. The van der Waals surface area contributed by atoms with Gasteiger partial charge in [0.15, 0.2) is 17.3 Å². The third kappa shape index (κ3) is 7.17. The lowest BCUT2D eigenvalue weighted by atomic mass is 9.49. The van der Waals surface area contributed by atoms with Gasteiger partial charge in [0, 0.05) is 25.6 Å². The SMILES string of the molecule is BC(B)(B)NC(=O)c1nnc(NC(=O)C2CC2)cc1Nc1cccc(-c2noc(C(=O)NCCOC)n2)c1OC. The maximum absolute atomic E-state index is 13.1. The van der Waals surface area contributed by atoms with Crippen LogP contribution in [0.5, 0.6) is 5.75 Å². The molecule has 0 radical (unpaired) electrons. The van der Waals surface area contributed by atoms with Crippen molar-refractivity contribution in [3.8, 4) is 17.1 Å². The average molecular weight is 546 g/mol. The van der Waals surface area contributed by atoms with Crippen molar-refractivity contribution in [1.29, 1.82) is 0 Å². The highest BCUT2D eigenvalue weighted by atomic mass is 16.5. The smallest absolute Gasteiger partial charge is 0.316 e. The van der Waals surface area contributed by atoms with Crippen LogP contribution in [-0.4, -0.2) is 94.2 Å². The van der Waals surface area contributed by atoms with E-state index in [1.54, 1.807) is 18.2 Å². The van der Waals surface area contributed by atoms with Gasteiger partial charge in [-0.1, -0.05) is 11.2 Å². The molecule has 0 spiro atoms. The predicted molar refractivity (Wildman–Crippen MR) is 153 cm³/mol. The minimum absolute atomic E-state index is 0.0152. The molecular weight excluding hydrogens is 517 g/mol. The Labute approximate surface area is 233 Å². The summed E-state index contributed by atoms with van der Waals surface area (Å²) in [5, 5.41) is 23.0. The number of anilines is 3. The van der Waals surface area contributed by atoms with Gasteiger partial charge < -0.3 is 35.3 Å². The summed E-state index contributed by atoms with van der Waals surface area (Å²) in [7, 11) is 8.52. The first kappa shape index (κ1) is 28.6. The minimum Gasteiger partial charge on any atom is -0.494 e. The number of benzene rings is 1. The summed E-state index contributed by atoms with van der Waals surface area (Å²) >= 11 is 0. The molecule has 4 N–H and O–H groups in total. The fourth-order valence-corrected chi connectivity index (χ4v) is 3.63. The van der Waals surface area contributed by atoms with Crippen molar-refractivity contribution in [2.45, 2.75) is 18.1 Å². The van der Waals surface area contributed by atoms with Crippen molar-refractivity contribution >= 4 is 58.5 Å². The van der Waals surface area contributed by atoms with Crippen molar-refractivity contribution in [1.82, 2.24) is 31.0 Å². The van der Waals surface area contributed by atoms with E-state index in [9.17, 15) is 14.4 Å². The summed E-state index contributed by atoms with van der Waals surface area (Å²) in [5.74, 6) is -0.773. The summed E-state index contributed by atoms with van der Waals surface area (Å²) < 4.78 is 15.7. The maximum atomic E-state index is 13.1. The molecule has 1 saturated carbocycles. The Morgan fingerprint density at radius 2 is 1.88 bits per heavy atom. The van der Waals surface area contributed by atoms with Crippen molar-refractivity contribution < 1.29 is 28.4 Å². The van der Waals surface area contributed by atoms with Crippen molar-refractivity contribution in [2.75, 3.05) is 38.0 Å². The largest absolute Gasteiger partial charge is 0.494 e. The van der Waals surface area contributed by atoms with Gasteiger partial charge in [-0.3, -0.25) is 14.4 Å². The fourth-order valence-electron chi connectivity index (χ4n) is 3.63. The monoisotopic (exact) mass is 546 g/mol. The number of rotatable bonds is 12. The second-order valence-corrected chi connectivity index (χ2v) is 10.1. The predicted octanol–water partition coefficient (Wildman–Crippen LogP) is -1.76. The Kier molecular flexibility index (Phi) is 8.72. The maximum Gasteiger partial charge on any atom is 0.316 e. The number of ether oxygens (including phenoxy) is 2. The van der Waals surface area contributed by atoms with E-state index in [0.717, 1.165) is 12.8 Å². The van der Waals surface area contributed by atoms with Gasteiger partial charge in [0.2, 0.25) is 11.7 Å². The molecule has 1 fully saturated rings. The normalized spacial score (nSPS) is 12.8. The lowest BCUT2D eigenvalue weighted by Crippen LogP contribution is -2.50. The second kappa shape index (κ2) is 12.2. The van der Waals surface area contributed by atoms with Gasteiger partial charge in [-0.2, -0.15) is 4.98 Å². The van der Waals surface area contributed by atoms with Crippen LogP contribution in [0.15, 0.2) is 28.8 Å². The number of methoxy groups -OCH3 is 2. The van der Waals surface area contributed by atoms with Crippen molar-refractivity contribution in [3.05, 3.63) is 35.9 Å². The quantitative estimate of drug-likeness (QED) is 0.149. The lowest BCUT2D eigenvalue weighted by Gasteiger charge is -2.21. The van der Waals surface area contributed by atoms with Gasteiger partial charge in [-0.05, 0) is 30.2 Å². The van der Waals surface area contributed by atoms with E-state index >= 15 is 0 Å². The van der Waals surface area contributed by atoms with E-state index in [1.807, 2.05) is 23.5 Å². The van der Waals surface area contributed by atoms with Crippen LogP contribution in [0.1, 0.15) is 34.0 Å². The molecule has 0 atom stereocenters. The summed E-state index contributed by atoms with van der Waals surface area (Å²) in [6.45, 7) is 0.615. The number of nitrogens with zero attached hydrogens (tertiary/aromatic N) is 4. The van der Waals surface area contributed by atoms with Gasteiger partial charge in [0.25, 0.3) is 5.91 Å². The van der Waals surface area contributed by atoms with E-state index < -0.39 is 17.1 Å². The van der Waals surface area contributed by atoms with E-state index in [2.05, 4.69) is 41.6 Å². The zero-order valence-electron chi connectivity index (χ0n) is 23.0. The highest BCUT2D eigenvalue weighted by Gasteiger charge is 2.30. The molecule has 17 heteroatoms. The van der Waals surface area contributed by atoms with Crippen LogP contribution < -0.4 is 26.0 Å². The fraction of sp³-hybridized carbons (Fsp3) is 0.348. The molecule has 206 valence electrons. The lowest BCUT2D eigenvalue weighted by molar-refractivity contribution is -0.117. The molecule has 2 aromatic heterocycles. The number of para-hydroxylation sites is 1. The van der Waals surface area contributed by atoms with E-state index in [0.29, 0.717) is 23.6 Å². The van der Waals surface area contributed by atoms with Gasteiger partial charge in [0.05, 0.1) is 30.7 Å². The first-order valence-corrected chi connectivity index (χ1v) is 12.7. The molecule has 0 bridgehead atoms. The molecule has 1 aliphatic rings. The first-order chi connectivity index (χ1) is 19.1. The number of carbonyl (C=O) groups is 3. The summed E-state index contributed by atoms with van der Waals surface area (Å²) in [6.07, 6.45) is 1.65. The Morgan fingerprint density at radius 1 is 1.10 bits per heavy atom. The zero-order valence-corrected chi connectivity index (χ0v) is 23.0. The molecule has 3 aromatic rings. The third-order valence-corrected chi connectivity index (χ3v) is 5.64. The molecule has 4 rings (SSSR count). The number of nitrogens with one attached hydrogen (secondary N) is 4. The highest BCUT2D eigenvalue weighted by molar-refractivity contribution is 6.60.